The Hall–Kier alpha value is -3.61. The van der Waals surface area contributed by atoms with E-state index in [9.17, 15) is 9.59 Å². The number of hydrogen-bond acceptors (Lipinski definition) is 6. The first-order valence-corrected chi connectivity index (χ1v) is 8.24. The number of nitrogens with zero attached hydrogens (tertiary/aromatic N) is 1. The molecule has 2 aromatic carbocycles. The molecule has 0 aliphatic rings. The molecule has 0 aliphatic carbocycles. The van der Waals surface area contributed by atoms with Crippen molar-refractivity contribution in [2.75, 3.05) is 13.7 Å². The van der Waals surface area contributed by atoms with Crippen molar-refractivity contribution in [1.29, 1.82) is 0 Å². The SMILES string of the molecule is COc1ccc(CNC(=O)COC(=O)/C=C/c2nc3ccccc3o2)cc1. The van der Waals surface area contributed by atoms with Crippen LogP contribution in [0, 0.1) is 0 Å². The zero-order valence-corrected chi connectivity index (χ0v) is 14.7. The van der Waals surface area contributed by atoms with Gasteiger partial charge in [-0.05, 0) is 29.8 Å². The van der Waals surface area contributed by atoms with Crippen molar-refractivity contribution in [1.82, 2.24) is 10.3 Å². The fourth-order valence-corrected chi connectivity index (χ4v) is 2.28. The summed E-state index contributed by atoms with van der Waals surface area (Å²) in [5.41, 5.74) is 2.23. The van der Waals surface area contributed by atoms with Gasteiger partial charge in [-0.2, -0.15) is 0 Å². The monoisotopic (exact) mass is 366 g/mol. The second kappa shape index (κ2) is 8.66. The van der Waals surface area contributed by atoms with Crippen LogP contribution >= 0.6 is 0 Å². The molecule has 1 aromatic heterocycles. The number of methoxy groups -OCH3 is 1. The molecule has 0 spiro atoms. The molecule has 0 aliphatic heterocycles. The van der Waals surface area contributed by atoms with Crippen LogP contribution in [0.1, 0.15) is 11.5 Å². The Morgan fingerprint density at radius 3 is 2.67 bits per heavy atom. The van der Waals surface area contributed by atoms with Gasteiger partial charge in [0.1, 0.15) is 11.3 Å². The Kier molecular flexibility index (Phi) is 5.84. The summed E-state index contributed by atoms with van der Waals surface area (Å²) in [6.07, 6.45) is 2.57. The summed E-state index contributed by atoms with van der Waals surface area (Å²) in [4.78, 5) is 27.7. The Labute approximate surface area is 155 Å². The lowest BCUT2D eigenvalue weighted by molar-refractivity contribution is -0.143. The molecule has 1 heterocycles. The van der Waals surface area contributed by atoms with Crippen LogP contribution in [0.4, 0.5) is 0 Å². The molecule has 1 N–H and O–H groups in total. The standard InChI is InChI=1S/C20H18N2O5/c1-25-15-8-6-14(7-9-15)12-21-18(23)13-26-20(24)11-10-19-22-16-4-2-3-5-17(16)27-19/h2-11H,12-13H2,1H3,(H,21,23)/b11-10+. The molecule has 0 bridgehead atoms. The average molecular weight is 366 g/mol. The van der Waals surface area contributed by atoms with Crippen LogP contribution in [0.3, 0.4) is 0 Å². The quantitative estimate of drug-likeness (QED) is 0.511. The largest absolute Gasteiger partial charge is 0.497 e. The molecule has 0 saturated heterocycles. The van der Waals surface area contributed by atoms with Gasteiger partial charge in [0.25, 0.3) is 5.91 Å². The summed E-state index contributed by atoms with van der Waals surface area (Å²) in [6, 6.07) is 14.6. The zero-order chi connectivity index (χ0) is 19.1. The van der Waals surface area contributed by atoms with Crippen molar-refractivity contribution >= 4 is 29.1 Å². The molecule has 0 radical (unpaired) electrons. The van der Waals surface area contributed by atoms with E-state index in [0.29, 0.717) is 17.6 Å². The predicted molar refractivity (Wildman–Crippen MR) is 98.8 cm³/mol. The average Bonchev–Trinajstić information content (AvgIpc) is 3.12. The minimum Gasteiger partial charge on any atom is -0.497 e. The number of amides is 1. The van der Waals surface area contributed by atoms with Gasteiger partial charge in [-0.15, -0.1) is 0 Å². The Morgan fingerprint density at radius 2 is 1.93 bits per heavy atom. The third-order valence-electron chi connectivity index (χ3n) is 3.67. The summed E-state index contributed by atoms with van der Waals surface area (Å²) >= 11 is 0. The first-order chi connectivity index (χ1) is 13.1. The number of hydrogen-bond donors (Lipinski definition) is 1. The van der Waals surface area contributed by atoms with E-state index < -0.39 is 11.9 Å². The highest BCUT2D eigenvalue weighted by Gasteiger charge is 2.06. The molecule has 3 aromatic rings. The highest BCUT2D eigenvalue weighted by atomic mass is 16.5. The fourth-order valence-electron chi connectivity index (χ4n) is 2.28. The third kappa shape index (κ3) is 5.18. The van der Waals surface area contributed by atoms with Crippen molar-refractivity contribution in [2.45, 2.75) is 6.54 Å². The maximum absolute atomic E-state index is 11.8. The molecular formula is C20H18N2O5. The lowest BCUT2D eigenvalue weighted by Gasteiger charge is -2.06. The van der Waals surface area contributed by atoms with E-state index in [1.165, 1.54) is 12.2 Å². The van der Waals surface area contributed by atoms with Gasteiger partial charge in [0.15, 0.2) is 12.2 Å². The lowest BCUT2D eigenvalue weighted by atomic mass is 10.2. The van der Waals surface area contributed by atoms with Crippen LogP contribution in [0.15, 0.2) is 59.0 Å². The zero-order valence-electron chi connectivity index (χ0n) is 14.7. The number of oxazole rings is 1. The highest BCUT2D eigenvalue weighted by Crippen LogP contribution is 2.15. The molecule has 3 rings (SSSR count). The van der Waals surface area contributed by atoms with Crippen molar-refractivity contribution in [2.24, 2.45) is 0 Å². The van der Waals surface area contributed by atoms with E-state index in [2.05, 4.69) is 10.3 Å². The second-order valence-corrected chi connectivity index (χ2v) is 5.59. The van der Waals surface area contributed by atoms with Gasteiger partial charge in [0.2, 0.25) is 5.89 Å². The second-order valence-electron chi connectivity index (χ2n) is 5.59. The van der Waals surface area contributed by atoms with Gasteiger partial charge in [-0.25, -0.2) is 9.78 Å². The molecule has 0 unspecified atom stereocenters. The summed E-state index contributed by atoms with van der Waals surface area (Å²) in [7, 11) is 1.59. The number of carbonyl (C=O) groups is 2. The van der Waals surface area contributed by atoms with E-state index in [-0.39, 0.29) is 12.5 Å². The van der Waals surface area contributed by atoms with Crippen LogP contribution in [-0.4, -0.2) is 30.6 Å². The molecule has 0 atom stereocenters. The maximum atomic E-state index is 11.8. The summed E-state index contributed by atoms with van der Waals surface area (Å²) in [5.74, 6) is -0.0203. The predicted octanol–water partition coefficient (Wildman–Crippen LogP) is 2.71. The number of aromatic nitrogens is 1. The van der Waals surface area contributed by atoms with Crippen LogP contribution in [-0.2, 0) is 20.9 Å². The summed E-state index contributed by atoms with van der Waals surface area (Å²) in [6.45, 7) is -0.0357. The number of esters is 1. The van der Waals surface area contributed by atoms with Gasteiger partial charge in [0.05, 0.1) is 7.11 Å². The number of rotatable bonds is 7. The number of benzene rings is 2. The topological polar surface area (TPSA) is 90.7 Å². The van der Waals surface area contributed by atoms with Gasteiger partial charge < -0.3 is 19.2 Å². The van der Waals surface area contributed by atoms with Gasteiger partial charge in [0, 0.05) is 18.7 Å². The van der Waals surface area contributed by atoms with Crippen LogP contribution in [0.5, 0.6) is 5.75 Å². The van der Waals surface area contributed by atoms with Gasteiger partial charge >= 0.3 is 5.97 Å². The van der Waals surface area contributed by atoms with Crippen molar-refractivity contribution in [3.8, 4) is 5.75 Å². The van der Waals surface area contributed by atoms with Gasteiger partial charge in [-0.3, -0.25) is 4.79 Å². The van der Waals surface area contributed by atoms with E-state index >= 15 is 0 Å². The summed E-state index contributed by atoms with van der Waals surface area (Å²) < 4.78 is 15.4. The van der Waals surface area contributed by atoms with Crippen molar-refractivity contribution in [3.05, 3.63) is 66.1 Å². The third-order valence-corrected chi connectivity index (χ3v) is 3.67. The minimum atomic E-state index is -0.656. The van der Waals surface area contributed by atoms with Crippen LogP contribution in [0.2, 0.25) is 0 Å². The summed E-state index contributed by atoms with van der Waals surface area (Å²) in [5, 5.41) is 2.67. The Morgan fingerprint density at radius 1 is 1.15 bits per heavy atom. The molecule has 27 heavy (non-hydrogen) atoms. The van der Waals surface area contributed by atoms with E-state index in [0.717, 1.165) is 11.3 Å². The normalized spacial score (nSPS) is 10.9. The van der Waals surface area contributed by atoms with Crippen molar-refractivity contribution < 1.29 is 23.5 Å². The number of nitrogens with one attached hydrogen (secondary N) is 1. The molecule has 7 nitrogen and oxygen atoms in total. The number of carbonyl (C=O) groups excluding carboxylic acids is 2. The molecular weight excluding hydrogens is 348 g/mol. The smallest absolute Gasteiger partial charge is 0.331 e. The van der Waals surface area contributed by atoms with Crippen LogP contribution < -0.4 is 10.1 Å². The maximum Gasteiger partial charge on any atom is 0.331 e. The molecule has 7 heteroatoms. The minimum absolute atomic E-state index is 0.289. The number of fused-ring (bicyclic) bond motifs is 1. The Bertz CT molecular complexity index is 927. The number of para-hydroxylation sites is 2. The number of ether oxygens (including phenoxy) is 2. The van der Waals surface area contributed by atoms with E-state index in [4.69, 9.17) is 13.9 Å². The molecule has 0 saturated carbocycles. The lowest BCUT2D eigenvalue weighted by Crippen LogP contribution is -2.28. The fraction of sp³-hybridized carbons (Fsp3) is 0.150. The highest BCUT2D eigenvalue weighted by molar-refractivity contribution is 5.89. The molecule has 1 amide bonds. The molecule has 0 fully saturated rings. The first kappa shape index (κ1) is 18.2. The van der Waals surface area contributed by atoms with E-state index in [1.54, 1.807) is 25.3 Å². The Balaban J connectivity index is 1.43. The van der Waals surface area contributed by atoms with Gasteiger partial charge in [-0.1, -0.05) is 24.3 Å². The van der Waals surface area contributed by atoms with Crippen LogP contribution in [0.25, 0.3) is 17.2 Å². The van der Waals surface area contributed by atoms with Crippen molar-refractivity contribution in [3.63, 3.8) is 0 Å². The first-order valence-electron chi connectivity index (χ1n) is 8.24. The van der Waals surface area contributed by atoms with E-state index in [1.807, 2.05) is 30.3 Å². The molecule has 138 valence electrons.